The van der Waals surface area contributed by atoms with Gasteiger partial charge in [-0.1, -0.05) is 6.07 Å². The number of anilines is 1. The maximum atomic E-state index is 13.5. The Morgan fingerprint density at radius 1 is 1.50 bits per heavy atom. The molecule has 2 aromatic rings. The molecule has 0 unspecified atom stereocenters. The largest absolute Gasteiger partial charge is 0.373 e. The van der Waals surface area contributed by atoms with E-state index in [9.17, 15) is 14.5 Å². The molecule has 1 aromatic carbocycles. The Morgan fingerprint density at radius 3 is 2.89 bits per heavy atom. The summed E-state index contributed by atoms with van der Waals surface area (Å²) in [4.78, 5) is 10.2. The van der Waals surface area contributed by atoms with Crippen LogP contribution in [0, 0.1) is 15.9 Å². The molecule has 0 saturated carbocycles. The van der Waals surface area contributed by atoms with E-state index in [4.69, 9.17) is 0 Å². The first-order valence-corrected chi connectivity index (χ1v) is 6.65. The normalized spacial score (nSPS) is 10.3. The molecule has 0 atom stereocenters. The summed E-state index contributed by atoms with van der Waals surface area (Å²) in [6, 6.07) is 5.66. The van der Waals surface area contributed by atoms with Gasteiger partial charge in [0.1, 0.15) is 5.69 Å². The number of nitro groups is 1. The van der Waals surface area contributed by atoms with Crippen LogP contribution in [-0.4, -0.2) is 4.92 Å². The number of hydrogen-bond donors (Lipinski definition) is 1. The van der Waals surface area contributed by atoms with Crippen molar-refractivity contribution in [2.24, 2.45) is 0 Å². The number of rotatable bonds is 4. The molecule has 0 amide bonds. The Bertz CT molecular complexity index is 588. The molecular weight excluding hydrogens is 323 g/mol. The maximum Gasteiger partial charge on any atom is 0.295 e. The fourth-order valence-corrected chi connectivity index (χ4v) is 2.68. The van der Waals surface area contributed by atoms with Gasteiger partial charge in [-0.25, -0.2) is 4.39 Å². The minimum Gasteiger partial charge on any atom is -0.373 e. The van der Waals surface area contributed by atoms with Gasteiger partial charge in [0.15, 0.2) is 5.82 Å². The van der Waals surface area contributed by atoms with Crippen LogP contribution in [0.1, 0.15) is 5.56 Å². The van der Waals surface area contributed by atoms with Gasteiger partial charge in [-0.05, 0) is 39.0 Å². The van der Waals surface area contributed by atoms with Crippen molar-refractivity contribution in [3.05, 3.63) is 54.9 Å². The number of thiophene rings is 1. The molecule has 7 heteroatoms. The molecule has 0 spiro atoms. The molecule has 0 fully saturated rings. The van der Waals surface area contributed by atoms with Crippen LogP contribution in [0.4, 0.5) is 15.8 Å². The molecule has 0 aliphatic carbocycles. The molecule has 0 radical (unpaired) electrons. The average molecular weight is 331 g/mol. The molecular formula is C11H8BrFN2O2S. The lowest BCUT2D eigenvalue weighted by Gasteiger charge is -2.06. The third-order valence-electron chi connectivity index (χ3n) is 2.28. The van der Waals surface area contributed by atoms with Gasteiger partial charge in [0, 0.05) is 12.6 Å². The van der Waals surface area contributed by atoms with E-state index in [1.165, 1.54) is 29.5 Å². The van der Waals surface area contributed by atoms with Crippen LogP contribution >= 0.6 is 27.3 Å². The van der Waals surface area contributed by atoms with Crippen molar-refractivity contribution in [2.45, 2.75) is 6.54 Å². The van der Waals surface area contributed by atoms with Crippen molar-refractivity contribution in [3.63, 3.8) is 0 Å². The number of nitrogens with one attached hydrogen (secondary N) is 1. The highest BCUT2D eigenvalue weighted by Gasteiger charge is 2.17. The lowest BCUT2D eigenvalue weighted by Crippen LogP contribution is -2.04. The van der Waals surface area contributed by atoms with Crippen molar-refractivity contribution in [1.82, 2.24) is 0 Å². The highest BCUT2D eigenvalue weighted by molar-refractivity contribution is 9.11. The van der Waals surface area contributed by atoms with Gasteiger partial charge in [-0.15, -0.1) is 11.3 Å². The van der Waals surface area contributed by atoms with Crippen molar-refractivity contribution < 1.29 is 9.31 Å². The van der Waals surface area contributed by atoms with Crippen LogP contribution in [-0.2, 0) is 6.54 Å². The monoisotopic (exact) mass is 330 g/mol. The number of nitrogens with zero attached hydrogens (tertiary/aromatic N) is 1. The van der Waals surface area contributed by atoms with E-state index in [0.717, 1.165) is 9.35 Å². The molecule has 0 aliphatic heterocycles. The molecule has 18 heavy (non-hydrogen) atoms. The molecule has 0 aliphatic rings. The van der Waals surface area contributed by atoms with Crippen LogP contribution in [0.2, 0.25) is 0 Å². The van der Waals surface area contributed by atoms with Crippen molar-refractivity contribution >= 4 is 38.6 Å². The Balaban J connectivity index is 2.20. The number of para-hydroxylation sites is 1. The molecule has 4 nitrogen and oxygen atoms in total. The van der Waals surface area contributed by atoms with E-state index >= 15 is 0 Å². The zero-order chi connectivity index (χ0) is 13.1. The highest BCUT2D eigenvalue weighted by atomic mass is 79.9. The van der Waals surface area contributed by atoms with E-state index < -0.39 is 10.7 Å². The van der Waals surface area contributed by atoms with Crippen LogP contribution in [0.5, 0.6) is 0 Å². The lowest BCUT2D eigenvalue weighted by molar-refractivity contribution is -0.384. The van der Waals surface area contributed by atoms with E-state index in [-0.39, 0.29) is 11.4 Å². The summed E-state index contributed by atoms with van der Waals surface area (Å²) < 4.78 is 14.5. The third-order valence-corrected chi connectivity index (χ3v) is 3.83. The minimum absolute atomic E-state index is 0.0789. The first kappa shape index (κ1) is 13.0. The quantitative estimate of drug-likeness (QED) is 0.676. The zero-order valence-corrected chi connectivity index (χ0v) is 11.4. The summed E-state index contributed by atoms with van der Waals surface area (Å²) in [6.45, 7) is 0.337. The van der Waals surface area contributed by atoms with Crippen LogP contribution in [0.3, 0.4) is 0 Å². The van der Waals surface area contributed by atoms with E-state index in [0.29, 0.717) is 6.54 Å². The Morgan fingerprint density at radius 2 is 2.28 bits per heavy atom. The van der Waals surface area contributed by atoms with Crippen LogP contribution < -0.4 is 5.32 Å². The zero-order valence-electron chi connectivity index (χ0n) is 9.02. The number of benzene rings is 1. The maximum absolute atomic E-state index is 13.5. The predicted molar refractivity (Wildman–Crippen MR) is 72.4 cm³/mol. The Kier molecular flexibility index (Phi) is 3.93. The van der Waals surface area contributed by atoms with Crippen molar-refractivity contribution in [2.75, 3.05) is 5.32 Å². The first-order chi connectivity index (χ1) is 8.58. The van der Waals surface area contributed by atoms with Gasteiger partial charge < -0.3 is 5.32 Å². The lowest BCUT2D eigenvalue weighted by atomic mass is 10.2. The second kappa shape index (κ2) is 5.45. The van der Waals surface area contributed by atoms with Crippen LogP contribution in [0.15, 0.2) is 33.4 Å². The topological polar surface area (TPSA) is 55.2 Å². The highest BCUT2D eigenvalue weighted by Crippen LogP contribution is 2.28. The van der Waals surface area contributed by atoms with Gasteiger partial charge in [-0.2, -0.15) is 0 Å². The molecule has 0 bridgehead atoms. The van der Waals surface area contributed by atoms with Gasteiger partial charge in [0.25, 0.3) is 5.69 Å². The second-order valence-corrected chi connectivity index (χ2v) is 5.79. The summed E-state index contributed by atoms with van der Waals surface area (Å²) in [5, 5.41) is 15.4. The summed E-state index contributed by atoms with van der Waals surface area (Å²) in [7, 11) is 0. The van der Waals surface area contributed by atoms with Crippen molar-refractivity contribution in [1.29, 1.82) is 0 Å². The van der Waals surface area contributed by atoms with Gasteiger partial charge in [-0.3, -0.25) is 10.1 Å². The number of halogens is 2. The van der Waals surface area contributed by atoms with Gasteiger partial charge >= 0.3 is 0 Å². The summed E-state index contributed by atoms with van der Waals surface area (Å²) in [5.74, 6) is -0.626. The van der Waals surface area contributed by atoms with Gasteiger partial charge in [0.2, 0.25) is 0 Å². The van der Waals surface area contributed by atoms with Crippen molar-refractivity contribution in [3.8, 4) is 0 Å². The summed E-state index contributed by atoms with van der Waals surface area (Å²) in [5.41, 5.74) is 0.596. The fourth-order valence-electron chi connectivity index (χ4n) is 1.47. The Labute approximate surface area is 115 Å². The fraction of sp³-hybridized carbons (Fsp3) is 0.0909. The molecule has 2 rings (SSSR count). The van der Waals surface area contributed by atoms with Gasteiger partial charge in [0.05, 0.1) is 8.71 Å². The smallest absolute Gasteiger partial charge is 0.295 e. The van der Waals surface area contributed by atoms with E-state index in [1.807, 2.05) is 11.4 Å². The van der Waals surface area contributed by atoms with Crippen LogP contribution in [0.25, 0.3) is 0 Å². The molecule has 94 valence electrons. The average Bonchev–Trinajstić information content (AvgIpc) is 2.73. The first-order valence-electron chi connectivity index (χ1n) is 4.97. The molecule has 1 aromatic heterocycles. The van der Waals surface area contributed by atoms with E-state index in [1.54, 1.807) is 0 Å². The standard InChI is InChI=1S/C11H8BrFN2O2S/c12-10-4-7(6-18-10)5-14-11-8(13)2-1-3-9(11)15(16)17/h1-4,6,14H,5H2. The minimum atomic E-state index is -0.626. The molecule has 1 heterocycles. The van der Waals surface area contributed by atoms with E-state index in [2.05, 4.69) is 21.2 Å². The summed E-state index contributed by atoms with van der Waals surface area (Å²) >= 11 is 4.82. The number of nitro benzene ring substituents is 1. The summed E-state index contributed by atoms with van der Waals surface area (Å²) in [6.07, 6.45) is 0. The Hall–Kier alpha value is -1.47. The molecule has 0 saturated heterocycles. The predicted octanol–water partition coefficient (Wildman–Crippen LogP) is 4.17. The third kappa shape index (κ3) is 2.85. The molecule has 1 N–H and O–H groups in total. The second-order valence-electron chi connectivity index (χ2n) is 3.50. The SMILES string of the molecule is O=[N+]([O-])c1cccc(F)c1NCc1csc(Br)c1. The number of hydrogen-bond acceptors (Lipinski definition) is 4.